The van der Waals surface area contributed by atoms with Crippen LogP contribution in [-0.4, -0.2) is 10.1 Å². The van der Waals surface area contributed by atoms with Gasteiger partial charge in [0.05, 0.1) is 6.04 Å². The fraction of sp³-hybridized carbons (Fsp3) is 0.273. The number of nitrogens with zero attached hydrogens (tertiary/aromatic N) is 2. The first kappa shape index (κ1) is 12.0. The van der Waals surface area contributed by atoms with Crippen molar-refractivity contribution in [2.45, 2.75) is 19.4 Å². The Balaban J connectivity index is 2.19. The van der Waals surface area contributed by atoms with Crippen molar-refractivity contribution in [1.82, 2.24) is 10.1 Å². The summed E-state index contributed by atoms with van der Waals surface area (Å²) in [5.41, 5.74) is 6.34. The van der Waals surface area contributed by atoms with Gasteiger partial charge in [0.2, 0.25) is 5.89 Å². The summed E-state index contributed by atoms with van der Waals surface area (Å²) in [6.07, 6.45) is 0.384. The summed E-state index contributed by atoms with van der Waals surface area (Å²) in [5, 5.41) is 4.12. The molecule has 2 aromatic rings. The largest absolute Gasteiger partial charge is 0.338 e. The normalized spacial score (nSPS) is 12.7. The van der Waals surface area contributed by atoms with Gasteiger partial charge >= 0.3 is 0 Å². The molecule has 0 fully saturated rings. The van der Waals surface area contributed by atoms with Crippen LogP contribution in [0.1, 0.15) is 30.2 Å². The van der Waals surface area contributed by atoms with Gasteiger partial charge in [-0.25, -0.2) is 4.39 Å². The van der Waals surface area contributed by atoms with E-state index in [1.54, 1.807) is 13.0 Å². The maximum Gasteiger partial charge on any atom is 0.243 e. The Labute approximate surface area is 103 Å². The summed E-state index contributed by atoms with van der Waals surface area (Å²) in [7, 11) is 0. The van der Waals surface area contributed by atoms with Crippen molar-refractivity contribution >= 4 is 11.6 Å². The maximum absolute atomic E-state index is 12.8. The molecule has 6 heteroatoms. The first-order chi connectivity index (χ1) is 8.06. The van der Waals surface area contributed by atoms with Crippen LogP contribution < -0.4 is 5.73 Å². The van der Waals surface area contributed by atoms with Crippen LogP contribution in [-0.2, 0) is 6.42 Å². The summed E-state index contributed by atoms with van der Waals surface area (Å²) in [5.74, 6) is 0.479. The Morgan fingerprint density at radius 2 is 2.29 bits per heavy atom. The van der Waals surface area contributed by atoms with Gasteiger partial charge in [-0.2, -0.15) is 4.98 Å². The zero-order valence-corrected chi connectivity index (χ0v) is 9.91. The summed E-state index contributed by atoms with van der Waals surface area (Å²) >= 11 is 5.90. The molecule has 0 saturated carbocycles. The lowest BCUT2D eigenvalue weighted by Crippen LogP contribution is -2.05. The van der Waals surface area contributed by atoms with Gasteiger partial charge in [-0.05, 0) is 24.6 Å². The van der Waals surface area contributed by atoms with E-state index in [-0.39, 0.29) is 11.9 Å². The van der Waals surface area contributed by atoms with Gasteiger partial charge in [0.1, 0.15) is 5.82 Å². The quantitative estimate of drug-likeness (QED) is 0.915. The number of hydrogen-bond donors (Lipinski definition) is 1. The smallest absolute Gasteiger partial charge is 0.243 e. The standard InChI is InChI=1S/C11H11ClFN3O/c1-6(14)11-15-10(16-17-11)4-7-2-3-8(13)5-9(7)12/h2-3,5-6H,4,14H2,1H3. The van der Waals surface area contributed by atoms with Crippen molar-refractivity contribution in [2.24, 2.45) is 5.73 Å². The lowest BCUT2D eigenvalue weighted by molar-refractivity contribution is 0.358. The van der Waals surface area contributed by atoms with Crippen LogP contribution in [0, 0.1) is 5.82 Å². The van der Waals surface area contributed by atoms with Gasteiger partial charge in [0.15, 0.2) is 5.82 Å². The summed E-state index contributed by atoms with van der Waals surface area (Å²) < 4.78 is 17.8. The van der Waals surface area contributed by atoms with Crippen molar-refractivity contribution in [1.29, 1.82) is 0 Å². The minimum absolute atomic E-state index is 0.306. The number of aromatic nitrogens is 2. The lowest BCUT2D eigenvalue weighted by atomic mass is 10.1. The van der Waals surface area contributed by atoms with E-state index in [4.69, 9.17) is 21.9 Å². The third-order valence-electron chi connectivity index (χ3n) is 2.24. The maximum atomic E-state index is 12.8. The van der Waals surface area contributed by atoms with E-state index in [9.17, 15) is 4.39 Å². The van der Waals surface area contributed by atoms with Crippen molar-refractivity contribution in [3.05, 3.63) is 46.3 Å². The molecule has 4 nitrogen and oxygen atoms in total. The Hall–Kier alpha value is -1.46. The number of rotatable bonds is 3. The van der Waals surface area contributed by atoms with E-state index in [1.807, 2.05) is 0 Å². The van der Waals surface area contributed by atoms with Crippen LogP contribution in [0.3, 0.4) is 0 Å². The predicted molar refractivity (Wildman–Crippen MR) is 61.1 cm³/mol. The summed E-state index contributed by atoms with van der Waals surface area (Å²) in [4.78, 5) is 4.11. The second kappa shape index (κ2) is 4.81. The second-order valence-electron chi connectivity index (χ2n) is 3.75. The molecule has 1 heterocycles. The Kier molecular flexibility index (Phi) is 3.40. The summed E-state index contributed by atoms with van der Waals surface area (Å²) in [6, 6.07) is 3.89. The fourth-order valence-electron chi connectivity index (χ4n) is 1.36. The van der Waals surface area contributed by atoms with Gasteiger partial charge < -0.3 is 10.3 Å². The predicted octanol–water partition coefficient (Wildman–Crippen LogP) is 2.47. The molecule has 0 aliphatic rings. The van der Waals surface area contributed by atoms with E-state index >= 15 is 0 Å². The minimum atomic E-state index is -0.372. The van der Waals surface area contributed by atoms with Gasteiger partial charge in [-0.15, -0.1) is 0 Å². The monoisotopic (exact) mass is 255 g/mol. The summed E-state index contributed by atoms with van der Waals surface area (Å²) in [6.45, 7) is 1.75. The fourth-order valence-corrected chi connectivity index (χ4v) is 1.59. The van der Waals surface area contributed by atoms with E-state index in [0.717, 1.165) is 5.56 Å². The van der Waals surface area contributed by atoms with E-state index in [0.29, 0.717) is 23.2 Å². The van der Waals surface area contributed by atoms with Crippen LogP contribution in [0.4, 0.5) is 4.39 Å². The molecule has 1 unspecified atom stereocenters. The Morgan fingerprint density at radius 3 is 2.88 bits per heavy atom. The van der Waals surface area contributed by atoms with Crippen molar-refractivity contribution in [3.8, 4) is 0 Å². The number of halogens is 2. The molecule has 0 saturated heterocycles. The highest BCUT2D eigenvalue weighted by atomic mass is 35.5. The van der Waals surface area contributed by atoms with E-state index in [1.165, 1.54) is 12.1 Å². The minimum Gasteiger partial charge on any atom is -0.338 e. The Morgan fingerprint density at radius 1 is 1.53 bits per heavy atom. The average Bonchev–Trinajstić information content (AvgIpc) is 2.71. The molecule has 17 heavy (non-hydrogen) atoms. The molecule has 1 aromatic heterocycles. The SMILES string of the molecule is CC(N)c1nc(Cc2ccc(F)cc2Cl)no1. The van der Waals surface area contributed by atoms with Crippen LogP contribution in [0.5, 0.6) is 0 Å². The van der Waals surface area contributed by atoms with Crippen LogP contribution in [0.2, 0.25) is 5.02 Å². The lowest BCUT2D eigenvalue weighted by Gasteiger charge is -2.00. The molecule has 0 radical (unpaired) electrons. The third-order valence-corrected chi connectivity index (χ3v) is 2.59. The highest BCUT2D eigenvalue weighted by molar-refractivity contribution is 6.31. The topological polar surface area (TPSA) is 64.9 Å². The molecule has 0 aliphatic carbocycles. The van der Waals surface area contributed by atoms with E-state index in [2.05, 4.69) is 10.1 Å². The van der Waals surface area contributed by atoms with Crippen molar-refractivity contribution in [3.63, 3.8) is 0 Å². The van der Waals surface area contributed by atoms with Crippen LogP contribution in [0.25, 0.3) is 0 Å². The van der Waals surface area contributed by atoms with E-state index < -0.39 is 0 Å². The zero-order valence-electron chi connectivity index (χ0n) is 9.15. The number of benzene rings is 1. The van der Waals surface area contributed by atoms with Crippen LogP contribution in [0.15, 0.2) is 22.7 Å². The molecule has 90 valence electrons. The second-order valence-corrected chi connectivity index (χ2v) is 4.16. The number of nitrogens with two attached hydrogens (primary N) is 1. The molecule has 0 aliphatic heterocycles. The average molecular weight is 256 g/mol. The van der Waals surface area contributed by atoms with Crippen LogP contribution >= 0.6 is 11.6 Å². The molecule has 0 spiro atoms. The highest BCUT2D eigenvalue weighted by Gasteiger charge is 2.12. The zero-order chi connectivity index (χ0) is 12.4. The van der Waals surface area contributed by atoms with Gasteiger partial charge in [0.25, 0.3) is 0 Å². The number of hydrogen-bond acceptors (Lipinski definition) is 4. The van der Waals surface area contributed by atoms with Crippen molar-refractivity contribution in [2.75, 3.05) is 0 Å². The molecule has 0 bridgehead atoms. The van der Waals surface area contributed by atoms with Gasteiger partial charge in [0, 0.05) is 11.4 Å². The first-order valence-corrected chi connectivity index (χ1v) is 5.46. The molecular formula is C11H11ClFN3O. The molecular weight excluding hydrogens is 245 g/mol. The molecule has 1 aromatic carbocycles. The molecule has 2 rings (SSSR count). The highest BCUT2D eigenvalue weighted by Crippen LogP contribution is 2.20. The Bertz CT molecular complexity index is 527. The first-order valence-electron chi connectivity index (χ1n) is 5.08. The van der Waals surface area contributed by atoms with Gasteiger partial charge in [-0.3, -0.25) is 0 Å². The van der Waals surface area contributed by atoms with Gasteiger partial charge in [-0.1, -0.05) is 22.8 Å². The third kappa shape index (κ3) is 2.81. The molecule has 1 atom stereocenters. The molecule has 0 amide bonds. The van der Waals surface area contributed by atoms with Crippen molar-refractivity contribution < 1.29 is 8.91 Å². The molecule has 2 N–H and O–H groups in total.